The number of hydrogen-bond acceptors (Lipinski definition) is 2. The van der Waals surface area contributed by atoms with E-state index in [0.717, 1.165) is 6.42 Å². The van der Waals surface area contributed by atoms with Crippen molar-refractivity contribution in [3.05, 3.63) is 12.2 Å². The summed E-state index contributed by atoms with van der Waals surface area (Å²) in [5.41, 5.74) is 0. The minimum absolute atomic E-state index is 0.238. The molecular formula is C13H16O3. The molecule has 4 aliphatic carbocycles. The largest absolute Gasteiger partial charge is 0.481 e. The molecule has 0 radical (unpaired) electrons. The van der Waals surface area contributed by atoms with Gasteiger partial charge >= 0.3 is 5.97 Å². The predicted molar refractivity (Wildman–Crippen MR) is 56.4 cm³/mol. The quantitative estimate of drug-likeness (QED) is 0.514. The second-order valence-electron chi connectivity index (χ2n) is 6.02. The lowest BCUT2D eigenvalue weighted by Crippen LogP contribution is -2.43. The fourth-order valence-corrected chi connectivity index (χ4v) is 5.33. The van der Waals surface area contributed by atoms with Crippen molar-refractivity contribution < 1.29 is 15.0 Å². The molecular weight excluding hydrogens is 204 g/mol. The van der Waals surface area contributed by atoms with E-state index >= 15 is 0 Å². The van der Waals surface area contributed by atoms with Crippen molar-refractivity contribution in [2.24, 2.45) is 41.4 Å². The van der Waals surface area contributed by atoms with E-state index in [1.54, 1.807) is 0 Å². The topological polar surface area (TPSA) is 57.5 Å². The zero-order chi connectivity index (χ0) is 11.0. The van der Waals surface area contributed by atoms with Gasteiger partial charge in [0.15, 0.2) is 0 Å². The van der Waals surface area contributed by atoms with Gasteiger partial charge in [0.25, 0.3) is 0 Å². The Labute approximate surface area is 94.2 Å². The van der Waals surface area contributed by atoms with Crippen LogP contribution >= 0.6 is 0 Å². The Kier molecular flexibility index (Phi) is 1.56. The minimum Gasteiger partial charge on any atom is -0.481 e. The summed E-state index contributed by atoms with van der Waals surface area (Å²) in [5, 5.41) is 19.3. The molecule has 4 rings (SSSR count). The minimum atomic E-state index is -0.787. The van der Waals surface area contributed by atoms with Crippen molar-refractivity contribution in [1.82, 2.24) is 0 Å². The lowest BCUT2D eigenvalue weighted by atomic mass is 9.68. The molecule has 3 nitrogen and oxygen atoms in total. The van der Waals surface area contributed by atoms with Gasteiger partial charge in [-0.05, 0) is 48.3 Å². The summed E-state index contributed by atoms with van der Waals surface area (Å²) in [6, 6.07) is 0. The highest BCUT2D eigenvalue weighted by atomic mass is 16.4. The lowest BCUT2D eigenvalue weighted by Gasteiger charge is -2.37. The van der Waals surface area contributed by atoms with Gasteiger partial charge in [-0.1, -0.05) is 12.2 Å². The first-order valence-electron chi connectivity index (χ1n) is 6.27. The molecule has 8 unspecified atom stereocenters. The van der Waals surface area contributed by atoms with E-state index in [2.05, 4.69) is 12.2 Å². The van der Waals surface area contributed by atoms with Gasteiger partial charge in [-0.2, -0.15) is 0 Å². The SMILES string of the molecule is O=C(O)C1C(O)C2CC1C1C3C=CC(C3)C21. The molecule has 0 saturated heterocycles. The Balaban J connectivity index is 1.74. The number of fused-ring (bicyclic) bond motifs is 9. The van der Waals surface area contributed by atoms with Gasteiger partial charge in [0.2, 0.25) is 0 Å². The summed E-state index contributed by atoms with van der Waals surface area (Å²) in [4.78, 5) is 11.2. The molecule has 8 atom stereocenters. The summed E-state index contributed by atoms with van der Waals surface area (Å²) >= 11 is 0. The first-order chi connectivity index (χ1) is 7.68. The van der Waals surface area contributed by atoms with Crippen molar-refractivity contribution in [2.75, 3.05) is 0 Å². The molecule has 0 aromatic carbocycles. The average molecular weight is 220 g/mol. The van der Waals surface area contributed by atoms with Crippen molar-refractivity contribution in [2.45, 2.75) is 18.9 Å². The molecule has 0 amide bonds. The smallest absolute Gasteiger partial charge is 0.309 e. The normalized spacial score (nSPS) is 60.6. The first kappa shape index (κ1) is 9.23. The summed E-state index contributed by atoms with van der Waals surface area (Å²) in [6.07, 6.45) is 6.16. The fraction of sp³-hybridized carbons (Fsp3) is 0.769. The van der Waals surface area contributed by atoms with E-state index in [9.17, 15) is 15.0 Å². The number of carboxylic acid groups (broad SMARTS) is 1. The van der Waals surface area contributed by atoms with Crippen LogP contribution in [0.4, 0.5) is 0 Å². The second kappa shape index (κ2) is 2.70. The summed E-state index contributed by atoms with van der Waals surface area (Å²) in [6.45, 7) is 0. The van der Waals surface area contributed by atoms with E-state index in [4.69, 9.17) is 0 Å². The van der Waals surface area contributed by atoms with Crippen molar-refractivity contribution >= 4 is 5.97 Å². The van der Waals surface area contributed by atoms with Crippen LogP contribution in [0.25, 0.3) is 0 Å². The molecule has 2 N–H and O–H groups in total. The van der Waals surface area contributed by atoms with Crippen molar-refractivity contribution in [1.29, 1.82) is 0 Å². The van der Waals surface area contributed by atoms with Crippen LogP contribution < -0.4 is 0 Å². The number of rotatable bonds is 1. The van der Waals surface area contributed by atoms with Crippen LogP contribution in [0.2, 0.25) is 0 Å². The van der Waals surface area contributed by atoms with Gasteiger partial charge in [0, 0.05) is 0 Å². The highest BCUT2D eigenvalue weighted by Gasteiger charge is 2.65. The van der Waals surface area contributed by atoms with Crippen molar-refractivity contribution in [3.63, 3.8) is 0 Å². The molecule has 4 aliphatic rings. The maximum atomic E-state index is 11.2. The van der Waals surface area contributed by atoms with Gasteiger partial charge in [0.05, 0.1) is 12.0 Å². The van der Waals surface area contributed by atoms with E-state index in [1.165, 1.54) is 6.42 Å². The van der Waals surface area contributed by atoms with Crippen LogP contribution in [-0.4, -0.2) is 22.3 Å². The van der Waals surface area contributed by atoms with Crippen molar-refractivity contribution in [3.8, 4) is 0 Å². The molecule has 4 bridgehead atoms. The maximum absolute atomic E-state index is 11.2. The molecule has 3 saturated carbocycles. The number of carboxylic acids is 1. The zero-order valence-electron chi connectivity index (χ0n) is 8.99. The van der Waals surface area contributed by atoms with E-state index in [-0.39, 0.29) is 11.8 Å². The number of allylic oxidation sites excluding steroid dienone is 2. The van der Waals surface area contributed by atoms with Crippen LogP contribution in [0.3, 0.4) is 0 Å². The lowest BCUT2D eigenvalue weighted by molar-refractivity contribution is -0.150. The van der Waals surface area contributed by atoms with Gasteiger partial charge in [-0.25, -0.2) is 0 Å². The van der Waals surface area contributed by atoms with Crippen LogP contribution in [0, 0.1) is 41.4 Å². The molecule has 86 valence electrons. The summed E-state index contributed by atoms with van der Waals surface area (Å²) < 4.78 is 0. The number of aliphatic hydroxyl groups excluding tert-OH is 1. The molecule has 0 aliphatic heterocycles. The van der Waals surface area contributed by atoms with Crippen LogP contribution in [0.15, 0.2) is 12.2 Å². The second-order valence-corrected chi connectivity index (χ2v) is 6.02. The highest BCUT2D eigenvalue weighted by Crippen LogP contribution is 2.66. The zero-order valence-corrected chi connectivity index (χ0v) is 8.99. The first-order valence-corrected chi connectivity index (χ1v) is 6.27. The number of aliphatic carboxylic acids is 1. The third kappa shape index (κ3) is 0.841. The van der Waals surface area contributed by atoms with Gasteiger partial charge in [-0.15, -0.1) is 0 Å². The Bertz CT molecular complexity index is 389. The molecule has 3 heteroatoms. The molecule has 0 aromatic rings. The van der Waals surface area contributed by atoms with Crippen LogP contribution in [0.5, 0.6) is 0 Å². The Morgan fingerprint density at radius 1 is 1.06 bits per heavy atom. The Morgan fingerprint density at radius 3 is 2.31 bits per heavy atom. The standard InChI is InChI=1S/C13H16O3/c14-12-8-4-7(11(12)13(15)16)9-5-1-2-6(3-5)10(8)9/h1-2,5-12,14H,3-4H2,(H,15,16). The van der Waals surface area contributed by atoms with Gasteiger partial charge in [0.1, 0.15) is 0 Å². The summed E-state index contributed by atoms with van der Waals surface area (Å²) in [7, 11) is 0. The molecule has 0 aromatic heterocycles. The van der Waals surface area contributed by atoms with E-state index in [1.807, 2.05) is 0 Å². The Hall–Kier alpha value is -0.830. The van der Waals surface area contributed by atoms with E-state index in [0.29, 0.717) is 23.7 Å². The molecule has 16 heavy (non-hydrogen) atoms. The third-order valence-electron chi connectivity index (χ3n) is 5.67. The van der Waals surface area contributed by atoms with Gasteiger partial charge in [-0.3, -0.25) is 4.79 Å². The van der Waals surface area contributed by atoms with E-state index < -0.39 is 18.0 Å². The third-order valence-corrected chi connectivity index (χ3v) is 5.67. The number of aliphatic hydroxyl groups is 1. The summed E-state index contributed by atoms with van der Waals surface area (Å²) in [5.74, 6) is 1.62. The maximum Gasteiger partial charge on any atom is 0.309 e. The number of hydrogen-bond donors (Lipinski definition) is 2. The van der Waals surface area contributed by atoms with Gasteiger partial charge < -0.3 is 10.2 Å². The number of carbonyl (C=O) groups is 1. The molecule has 0 spiro atoms. The average Bonchev–Trinajstić information content (AvgIpc) is 2.92. The highest BCUT2D eigenvalue weighted by molar-refractivity contribution is 5.72. The fourth-order valence-electron chi connectivity index (χ4n) is 5.33. The molecule has 3 fully saturated rings. The Morgan fingerprint density at radius 2 is 1.69 bits per heavy atom. The molecule has 0 heterocycles. The van der Waals surface area contributed by atoms with Crippen LogP contribution in [-0.2, 0) is 4.79 Å². The van der Waals surface area contributed by atoms with Crippen LogP contribution in [0.1, 0.15) is 12.8 Å². The predicted octanol–water partition coefficient (Wildman–Crippen LogP) is 1.14. The monoisotopic (exact) mass is 220 g/mol.